The molecule has 6 heteroatoms. The first-order chi connectivity index (χ1) is 9.62. The predicted molar refractivity (Wildman–Crippen MR) is 78.1 cm³/mol. The summed E-state index contributed by atoms with van der Waals surface area (Å²) in [5.41, 5.74) is 1.99. The molecule has 1 aromatic heterocycles. The van der Waals surface area contributed by atoms with E-state index in [0.29, 0.717) is 39.7 Å². The van der Waals surface area contributed by atoms with Crippen LogP contribution in [-0.4, -0.2) is 22.2 Å². The van der Waals surface area contributed by atoms with Crippen LogP contribution in [0.15, 0.2) is 41.7 Å². The number of pyridine rings is 1. The van der Waals surface area contributed by atoms with E-state index in [2.05, 4.69) is 10.1 Å². The smallest absolute Gasteiger partial charge is 0.150 e. The van der Waals surface area contributed by atoms with Gasteiger partial charge in [0, 0.05) is 28.2 Å². The molecule has 1 heterocycles. The van der Waals surface area contributed by atoms with Crippen molar-refractivity contribution in [2.75, 3.05) is 0 Å². The highest BCUT2D eigenvalue weighted by molar-refractivity contribution is 6.34. The minimum atomic E-state index is 0.298. The van der Waals surface area contributed by atoms with Gasteiger partial charge in [-0.1, -0.05) is 28.4 Å². The van der Waals surface area contributed by atoms with Crippen molar-refractivity contribution in [1.82, 2.24) is 4.98 Å². The topological polar surface area (TPSA) is 62.5 Å². The van der Waals surface area contributed by atoms with Crippen molar-refractivity contribution in [3.63, 3.8) is 0 Å². The van der Waals surface area contributed by atoms with E-state index in [0.717, 1.165) is 5.56 Å². The average Bonchev–Trinajstić information content (AvgIpc) is 2.44. The Hall–Kier alpha value is -1.91. The normalized spacial score (nSPS) is 11.4. The number of halogens is 2. The van der Waals surface area contributed by atoms with Crippen LogP contribution in [0.4, 0.5) is 0 Å². The zero-order chi connectivity index (χ0) is 14.5. The third-order valence-electron chi connectivity index (χ3n) is 2.63. The molecule has 0 aliphatic carbocycles. The molecule has 0 aliphatic rings. The fraction of sp³-hybridized carbons (Fsp3) is 0.0714. The molecule has 0 aliphatic heterocycles. The standard InChI is InChI=1S/C14H10Cl2N2O2/c15-11-3-10(4-12(16)7-11)6-14(18-20)13-5-9(8-19)1-2-17-13/h1-5,7-8,20H,6H2/b18-14+. The van der Waals surface area contributed by atoms with Crippen molar-refractivity contribution >= 4 is 35.2 Å². The molecular formula is C14H10Cl2N2O2. The quantitative estimate of drug-likeness (QED) is 0.406. The lowest BCUT2D eigenvalue weighted by molar-refractivity contribution is 0.112. The Bertz CT molecular complexity index is 652. The number of carbonyl (C=O) groups excluding carboxylic acids is 1. The van der Waals surface area contributed by atoms with E-state index < -0.39 is 0 Å². The first-order valence-corrected chi connectivity index (χ1v) is 6.45. The molecule has 2 rings (SSSR count). The number of hydrogen-bond acceptors (Lipinski definition) is 4. The second kappa shape index (κ2) is 6.50. The van der Waals surface area contributed by atoms with E-state index in [1.54, 1.807) is 30.3 Å². The van der Waals surface area contributed by atoms with Crippen LogP contribution < -0.4 is 0 Å². The third-order valence-corrected chi connectivity index (χ3v) is 3.07. The molecule has 0 radical (unpaired) electrons. The Kier molecular flexibility index (Phi) is 4.71. The van der Waals surface area contributed by atoms with Gasteiger partial charge in [-0.25, -0.2) is 0 Å². The Balaban J connectivity index is 2.31. The van der Waals surface area contributed by atoms with Crippen LogP contribution in [-0.2, 0) is 6.42 Å². The second-order valence-corrected chi connectivity index (χ2v) is 4.97. The summed E-state index contributed by atoms with van der Waals surface area (Å²) in [7, 11) is 0. The molecule has 0 bridgehead atoms. The SMILES string of the molecule is O=Cc1ccnc(/C(Cc2cc(Cl)cc(Cl)c2)=N/O)c1. The number of rotatable bonds is 4. The summed E-state index contributed by atoms with van der Waals surface area (Å²) in [6.07, 6.45) is 2.48. The van der Waals surface area contributed by atoms with Crippen molar-refractivity contribution in [2.45, 2.75) is 6.42 Å². The summed E-state index contributed by atoms with van der Waals surface area (Å²) in [4.78, 5) is 14.8. The lowest BCUT2D eigenvalue weighted by Crippen LogP contribution is -2.08. The van der Waals surface area contributed by atoms with E-state index in [1.165, 1.54) is 6.20 Å². The van der Waals surface area contributed by atoms with Crippen molar-refractivity contribution < 1.29 is 10.0 Å². The maximum absolute atomic E-state index is 10.8. The van der Waals surface area contributed by atoms with Crippen molar-refractivity contribution in [2.24, 2.45) is 5.16 Å². The lowest BCUT2D eigenvalue weighted by Gasteiger charge is -2.06. The van der Waals surface area contributed by atoms with Crippen molar-refractivity contribution in [3.05, 3.63) is 63.4 Å². The van der Waals surface area contributed by atoms with Gasteiger partial charge in [-0.3, -0.25) is 9.78 Å². The number of hydrogen-bond donors (Lipinski definition) is 1. The van der Waals surface area contributed by atoms with Crippen LogP contribution in [0.1, 0.15) is 21.6 Å². The summed E-state index contributed by atoms with van der Waals surface area (Å²) < 4.78 is 0. The highest BCUT2D eigenvalue weighted by Crippen LogP contribution is 2.20. The molecule has 0 unspecified atom stereocenters. The number of carbonyl (C=O) groups is 1. The number of benzene rings is 1. The average molecular weight is 309 g/mol. The first kappa shape index (κ1) is 14.5. The molecule has 1 N–H and O–H groups in total. The minimum Gasteiger partial charge on any atom is -0.411 e. The zero-order valence-corrected chi connectivity index (χ0v) is 11.8. The predicted octanol–water partition coefficient (Wildman–Crippen LogP) is 3.62. The van der Waals surface area contributed by atoms with Gasteiger partial charge in [0.05, 0.1) is 5.69 Å². The molecule has 4 nitrogen and oxygen atoms in total. The number of oxime groups is 1. The summed E-state index contributed by atoms with van der Waals surface area (Å²) in [5, 5.41) is 13.4. The molecule has 102 valence electrons. The first-order valence-electron chi connectivity index (χ1n) is 5.70. The van der Waals surface area contributed by atoms with Gasteiger partial charge in [-0.05, 0) is 35.9 Å². The summed E-state index contributed by atoms with van der Waals surface area (Å²) >= 11 is 11.8. The fourth-order valence-corrected chi connectivity index (χ4v) is 2.33. The van der Waals surface area contributed by atoms with E-state index in [1.807, 2.05) is 0 Å². The van der Waals surface area contributed by atoms with Crippen LogP contribution >= 0.6 is 23.2 Å². The van der Waals surface area contributed by atoms with Crippen LogP contribution in [0.3, 0.4) is 0 Å². The van der Waals surface area contributed by atoms with E-state index in [9.17, 15) is 4.79 Å². The molecule has 0 amide bonds. The van der Waals surface area contributed by atoms with E-state index >= 15 is 0 Å². The third kappa shape index (κ3) is 3.56. The highest BCUT2D eigenvalue weighted by atomic mass is 35.5. The maximum Gasteiger partial charge on any atom is 0.150 e. The summed E-state index contributed by atoms with van der Waals surface area (Å²) in [6.45, 7) is 0. The number of nitrogens with zero attached hydrogens (tertiary/aromatic N) is 2. The fourth-order valence-electron chi connectivity index (χ4n) is 1.76. The van der Waals surface area contributed by atoms with Crippen LogP contribution in [0.2, 0.25) is 10.0 Å². The minimum absolute atomic E-state index is 0.298. The van der Waals surface area contributed by atoms with Crippen LogP contribution in [0, 0.1) is 0 Å². The van der Waals surface area contributed by atoms with Gasteiger partial charge in [0.25, 0.3) is 0 Å². The summed E-state index contributed by atoms with van der Waals surface area (Å²) in [5.74, 6) is 0. The van der Waals surface area contributed by atoms with Gasteiger partial charge >= 0.3 is 0 Å². The van der Waals surface area contributed by atoms with Crippen molar-refractivity contribution in [1.29, 1.82) is 0 Å². The van der Waals surface area contributed by atoms with Gasteiger partial charge in [0.2, 0.25) is 0 Å². The van der Waals surface area contributed by atoms with Gasteiger partial charge in [-0.2, -0.15) is 0 Å². The van der Waals surface area contributed by atoms with Gasteiger partial charge in [0.1, 0.15) is 12.0 Å². The van der Waals surface area contributed by atoms with Crippen LogP contribution in [0.25, 0.3) is 0 Å². The molecule has 20 heavy (non-hydrogen) atoms. The van der Waals surface area contributed by atoms with Gasteiger partial charge in [0.15, 0.2) is 0 Å². The Morgan fingerprint density at radius 3 is 2.55 bits per heavy atom. The second-order valence-electron chi connectivity index (χ2n) is 4.09. The zero-order valence-electron chi connectivity index (χ0n) is 10.3. The number of aromatic nitrogens is 1. The monoisotopic (exact) mass is 308 g/mol. The molecular weight excluding hydrogens is 299 g/mol. The largest absolute Gasteiger partial charge is 0.411 e. The van der Waals surface area contributed by atoms with E-state index in [4.69, 9.17) is 28.4 Å². The van der Waals surface area contributed by atoms with Crippen molar-refractivity contribution in [3.8, 4) is 0 Å². The Labute approximate surface area is 125 Å². The molecule has 0 spiro atoms. The lowest BCUT2D eigenvalue weighted by atomic mass is 10.0. The molecule has 0 saturated heterocycles. The van der Waals surface area contributed by atoms with E-state index in [-0.39, 0.29) is 0 Å². The molecule has 2 aromatic rings. The highest BCUT2D eigenvalue weighted by Gasteiger charge is 2.09. The van der Waals surface area contributed by atoms with Gasteiger partial charge < -0.3 is 5.21 Å². The summed E-state index contributed by atoms with van der Waals surface area (Å²) in [6, 6.07) is 8.19. The Morgan fingerprint density at radius 1 is 1.25 bits per heavy atom. The molecule has 0 saturated carbocycles. The maximum atomic E-state index is 10.8. The molecule has 0 atom stereocenters. The number of aldehydes is 1. The Morgan fingerprint density at radius 2 is 1.95 bits per heavy atom. The molecule has 1 aromatic carbocycles. The van der Waals surface area contributed by atoms with Crippen LogP contribution in [0.5, 0.6) is 0 Å². The molecule has 0 fully saturated rings. The van der Waals surface area contributed by atoms with Gasteiger partial charge in [-0.15, -0.1) is 0 Å².